The summed E-state index contributed by atoms with van der Waals surface area (Å²) in [6.45, 7) is 19.8. The molecule has 0 radical (unpaired) electrons. The van der Waals surface area contributed by atoms with Crippen LogP contribution < -0.4 is 5.32 Å². The normalized spacial score (nSPS) is 47.8. The molecule has 0 aromatic carbocycles. The molecule has 1 spiro atoms. The zero-order valence-electron chi connectivity index (χ0n) is 50.4. The Kier molecular flexibility index (Phi) is 19.0. The van der Waals surface area contributed by atoms with Crippen molar-refractivity contribution in [2.45, 2.75) is 237 Å². The van der Waals surface area contributed by atoms with Crippen LogP contribution in [0.15, 0.2) is 58.4 Å². The van der Waals surface area contributed by atoms with Crippen LogP contribution in [-0.2, 0) is 66.5 Å². The van der Waals surface area contributed by atoms with E-state index in [0.29, 0.717) is 23.9 Å². The van der Waals surface area contributed by atoms with E-state index in [4.69, 9.17) is 52.1 Å². The first-order chi connectivity index (χ1) is 39.6. The number of aliphatic hydroxyl groups excluding tert-OH is 4. The smallest absolute Gasteiger partial charge is 0.407 e. The molecule has 27 atom stereocenters. The number of rotatable bonds is 12. The molecule has 23 nitrogen and oxygen atoms in total. The van der Waals surface area contributed by atoms with Gasteiger partial charge in [0.15, 0.2) is 30.8 Å². The molecule has 1 amide bonds. The van der Waals surface area contributed by atoms with Crippen molar-refractivity contribution >= 4 is 24.1 Å². The molecule has 5 saturated heterocycles. The van der Waals surface area contributed by atoms with Crippen LogP contribution in [0.5, 0.6) is 0 Å². The van der Waals surface area contributed by atoms with Crippen LogP contribution in [0, 0.1) is 57.0 Å². The molecule has 4 aliphatic carbocycles. The van der Waals surface area contributed by atoms with Gasteiger partial charge in [0, 0.05) is 67.8 Å². The third kappa shape index (κ3) is 11.7. The summed E-state index contributed by atoms with van der Waals surface area (Å²) in [6, 6.07) is -1.09. The van der Waals surface area contributed by atoms with Crippen LogP contribution in [-0.4, -0.2) is 179 Å². The van der Waals surface area contributed by atoms with Gasteiger partial charge in [-0.25, -0.2) is 9.59 Å². The predicted octanol–water partition coefficient (Wildman–Crippen LogP) is 5.78. The number of nitro groups is 1. The first-order valence-electron chi connectivity index (χ1n) is 29.8. The molecular weight excluding hydrogens is 1100 g/mol. The van der Waals surface area contributed by atoms with E-state index in [1.165, 1.54) is 14.0 Å². The van der Waals surface area contributed by atoms with Crippen molar-refractivity contribution in [1.82, 2.24) is 5.32 Å². The Bertz CT molecular complexity index is 2620. The summed E-state index contributed by atoms with van der Waals surface area (Å²) < 4.78 is 67.6. The number of esters is 1. The average molecular weight is 1190 g/mol. The molecule has 0 aromatic heterocycles. The lowest BCUT2D eigenvalue weighted by atomic mass is 9.49. The minimum atomic E-state index is -1.87. The van der Waals surface area contributed by atoms with E-state index in [1.54, 1.807) is 53.7 Å². The summed E-state index contributed by atoms with van der Waals surface area (Å²) in [5.41, 5.74) is -3.74. The second kappa shape index (κ2) is 24.9. The quantitative estimate of drug-likeness (QED) is 0.0386. The Morgan fingerprint density at radius 2 is 1.30 bits per heavy atom. The third-order valence-electron chi connectivity index (χ3n) is 20.1. The van der Waals surface area contributed by atoms with Gasteiger partial charge < -0.3 is 77.8 Å². The number of methoxy groups -OCH3 is 2. The summed E-state index contributed by atoms with van der Waals surface area (Å²) >= 11 is 0. The average Bonchev–Trinajstić information content (AvgIpc) is 1.41. The maximum absolute atomic E-state index is 15.5. The fourth-order valence-corrected chi connectivity index (χ4v) is 15.8. The van der Waals surface area contributed by atoms with Crippen LogP contribution in [0.4, 0.5) is 4.79 Å². The Morgan fingerprint density at radius 1 is 0.738 bits per heavy atom. The fraction of sp³-hybridized carbons (Fsp3) is 0.770. The second-order valence-electron chi connectivity index (χ2n) is 25.8. The van der Waals surface area contributed by atoms with Gasteiger partial charge in [-0.15, -0.1) is 0 Å². The van der Waals surface area contributed by atoms with Gasteiger partial charge in [-0.3, -0.25) is 19.7 Å². The van der Waals surface area contributed by atoms with Crippen molar-refractivity contribution in [2.75, 3.05) is 14.2 Å². The summed E-state index contributed by atoms with van der Waals surface area (Å²) in [7, 11) is 2.66. The number of aliphatic hydroxyl groups is 4. The lowest BCUT2D eigenvalue weighted by Gasteiger charge is -2.56. The number of alkyl carbamates (subject to hydrolysis) is 1. The number of fused-ring (bicyclic) bond motifs is 4. The van der Waals surface area contributed by atoms with E-state index in [9.17, 15) is 44.9 Å². The molecule has 1 saturated carbocycles. The Hall–Kier alpha value is -4.50. The Balaban J connectivity index is 0.986. The number of carbonyl (C=O) groups is 4. The van der Waals surface area contributed by atoms with Crippen LogP contribution in [0.2, 0.25) is 0 Å². The molecule has 23 heteroatoms. The number of nitrogens with one attached hydrogen (secondary N) is 1. The molecule has 5 heterocycles. The monoisotopic (exact) mass is 1180 g/mol. The number of allylic oxidation sites excluding steroid dienone is 4. The number of hydrogen-bond donors (Lipinski definition) is 5. The zero-order valence-corrected chi connectivity index (χ0v) is 50.4. The molecule has 9 aliphatic rings. The van der Waals surface area contributed by atoms with Crippen LogP contribution in [0.1, 0.15) is 121 Å². The van der Waals surface area contributed by atoms with Crippen LogP contribution >= 0.6 is 0 Å². The van der Waals surface area contributed by atoms with E-state index in [1.807, 2.05) is 26.0 Å². The predicted molar refractivity (Wildman–Crippen MR) is 297 cm³/mol. The summed E-state index contributed by atoms with van der Waals surface area (Å²) in [5, 5.41) is 62.3. The molecule has 2 bridgehead atoms. The molecule has 6 fully saturated rings. The van der Waals surface area contributed by atoms with Crippen molar-refractivity contribution in [2.24, 2.45) is 46.8 Å². The number of nitrogens with zero attached hydrogens (tertiary/aromatic N) is 1. The van der Waals surface area contributed by atoms with Gasteiger partial charge in [0.25, 0.3) is 0 Å². The number of ketones is 1. The largest absolute Gasteiger partial charge is 0.511 e. The van der Waals surface area contributed by atoms with E-state index in [-0.39, 0.29) is 50.4 Å². The van der Waals surface area contributed by atoms with Crippen molar-refractivity contribution < 1.29 is 96.6 Å². The van der Waals surface area contributed by atoms with Crippen molar-refractivity contribution in [3.8, 4) is 0 Å². The maximum atomic E-state index is 15.5. The highest BCUT2D eigenvalue weighted by Gasteiger charge is 2.64. The fourth-order valence-electron chi connectivity index (χ4n) is 15.8. The third-order valence-corrected chi connectivity index (χ3v) is 20.1. The zero-order chi connectivity index (χ0) is 61.2. The van der Waals surface area contributed by atoms with E-state index in [0.717, 1.165) is 12.7 Å². The molecule has 5 aliphatic heterocycles. The number of aldehydes is 1. The first-order valence-corrected chi connectivity index (χ1v) is 29.8. The standard InChI is InChI=1S/C61H88N2O21/c1-27-14-17-43(80-47-25-59(10,63(72)73)54(35(9)79-47)62-58(71)75-13)28(2)19-37-20-36(26-64)31(5)24-61(37)56(69)48(57(70)84-61)55(68)60(11)39(27)16-15-38-49(60)29(3)18-30(4)50(38)81-44-22-41(66)52(33(7)77-44)83-46-23-42(67)53(34(8)78-46)82-45-21-40(65)51(74-12)32(6)76-45/h14-16,19-20,26,29-35,37-47,49-54,65-68H,17-18,21-25H2,1-13H3,(H,62,71)/b27-14+,28-19?,55-48?/t29-,30-,31+,32-,33-,34-,35+,37+,38-,39-,40+,41+,42+,43-,44-,45+,46-,47-,49+,50-,51-,52-,53-,54-,59-,60+,61-/m0/s1. The number of hydrogen-bond acceptors (Lipinski definition) is 21. The number of ether oxygens (including phenoxy) is 11. The lowest BCUT2D eigenvalue weighted by Crippen LogP contribution is -2.65. The van der Waals surface area contributed by atoms with Crippen LogP contribution in [0.25, 0.3) is 0 Å². The van der Waals surface area contributed by atoms with Crippen molar-refractivity contribution in [3.05, 3.63) is 68.5 Å². The molecular formula is C61H88N2O21. The topological polar surface area (TPSA) is 306 Å². The molecule has 9 rings (SSSR count). The van der Waals surface area contributed by atoms with Gasteiger partial charge >= 0.3 is 12.1 Å². The number of Topliss-reactive ketones (excluding diaryl/α,β-unsaturated/α-hetero) is 1. The maximum Gasteiger partial charge on any atom is 0.407 e. The Labute approximate surface area is 490 Å². The highest BCUT2D eigenvalue weighted by Crippen LogP contribution is 2.61. The highest BCUT2D eigenvalue weighted by molar-refractivity contribution is 6.26. The van der Waals surface area contributed by atoms with Gasteiger partial charge in [-0.1, -0.05) is 63.6 Å². The number of carbonyl (C=O) groups excluding carboxylic acids is 4. The molecule has 468 valence electrons. The molecule has 84 heavy (non-hydrogen) atoms. The summed E-state index contributed by atoms with van der Waals surface area (Å²) in [5.74, 6) is -5.38. The van der Waals surface area contributed by atoms with Gasteiger partial charge in [-0.2, -0.15) is 0 Å². The van der Waals surface area contributed by atoms with Crippen LogP contribution in [0.3, 0.4) is 0 Å². The van der Waals surface area contributed by atoms with E-state index in [2.05, 4.69) is 25.2 Å². The molecule has 0 unspecified atom stereocenters. The van der Waals surface area contributed by atoms with Crippen molar-refractivity contribution in [1.29, 1.82) is 0 Å². The van der Waals surface area contributed by atoms with Crippen molar-refractivity contribution in [3.63, 3.8) is 0 Å². The summed E-state index contributed by atoms with van der Waals surface area (Å²) in [4.78, 5) is 67.5. The van der Waals surface area contributed by atoms with E-state index >= 15 is 4.79 Å². The minimum Gasteiger partial charge on any atom is -0.511 e. The van der Waals surface area contributed by atoms with E-state index < -0.39 is 185 Å². The molecule has 0 aromatic rings. The van der Waals surface area contributed by atoms with Gasteiger partial charge in [-0.05, 0) is 89.2 Å². The SMILES string of the molecule is COC(=O)N[C@H]1[C@@H](C)O[C@@H](O[C@H]2C/C=C(\C)[C@@H]3C=C[C@@H]4[C@@H](O[C@H]5C[C@@H](O)[C@@H](O[C@H]6C[C@@H](O)[C@@H](O[C@@H]7C[C@@H](O)[C@@H](OC)[C@H](C)O7)[C@H](C)O6)[C@H](C)O5)[C@@H](C)C[C@H](C)[C@H]4[C@]3(C)C(O)=C3C(=O)O[C@]4(C[C@@H](C)C(C=O)=C[C@H]4C=C2C)C3=O)C[C@]1(C)[N+](=O)[O-]. The summed E-state index contributed by atoms with van der Waals surface area (Å²) in [6.07, 6.45) is -3.18. The lowest BCUT2D eigenvalue weighted by molar-refractivity contribution is -0.584. The van der Waals surface area contributed by atoms with Gasteiger partial charge in [0.2, 0.25) is 11.3 Å². The number of amides is 1. The molecule has 5 N–H and O–H groups in total. The minimum absolute atomic E-state index is 0.0183. The van der Waals surface area contributed by atoms with Gasteiger partial charge in [0.05, 0.1) is 68.5 Å². The first kappa shape index (κ1) is 64.0. The highest BCUT2D eigenvalue weighted by atomic mass is 16.7. The Morgan fingerprint density at radius 3 is 1.83 bits per heavy atom. The van der Waals surface area contributed by atoms with Gasteiger partial charge in [0.1, 0.15) is 42.0 Å². The second-order valence-corrected chi connectivity index (χ2v) is 25.8.